The fourth-order valence-corrected chi connectivity index (χ4v) is 2.31. The van der Waals surface area contributed by atoms with Crippen molar-refractivity contribution in [1.29, 1.82) is 0 Å². The summed E-state index contributed by atoms with van der Waals surface area (Å²) in [4.78, 5) is 12.5. The summed E-state index contributed by atoms with van der Waals surface area (Å²) in [6.45, 7) is 4.03. The van der Waals surface area contributed by atoms with Crippen molar-refractivity contribution in [2.75, 3.05) is 0 Å². The number of aryl methyl sites for hydroxylation is 2. The van der Waals surface area contributed by atoms with Crippen LogP contribution in [0.25, 0.3) is 16.5 Å². The van der Waals surface area contributed by atoms with E-state index >= 15 is 0 Å². The average molecular weight is 250 g/mol. The Bertz CT molecular complexity index is 818. The molecule has 94 valence electrons. The number of hydrogen-bond donors (Lipinski definition) is 0. The second kappa shape index (κ2) is 4.35. The predicted molar refractivity (Wildman–Crippen MR) is 76.8 cm³/mol. The van der Waals surface area contributed by atoms with Gasteiger partial charge >= 0.3 is 0 Å². The van der Waals surface area contributed by atoms with Gasteiger partial charge in [0.25, 0.3) is 5.56 Å². The molecule has 3 nitrogen and oxygen atoms in total. The number of nitrogens with zero attached hydrogens (tertiary/aromatic N) is 2. The lowest BCUT2D eigenvalue weighted by molar-refractivity contribution is 0.814. The van der Waals surface area contributed by atoms with Crippen molar-refractivity contribution in [3.05, 3.63) is 70.1 Å². The minimum absolute atomic E-state index is 0.0787. The van der Waals surface area contributed by atoms with E-state index in [1.165, 1.54) is 10.2 Å². The highest BCUT2D eigenvalue weighted by Crippen LogP contribution is 2.14. The third kappa shape index (κ3) is 1.93. The molecular weight excluding hydrogens is 236 g/mol. The molecule has 0 radical (unpaired) electrons. The fourth-order valence-electron chi connectivity index (χ4n) is 2.31. The molecular formula is C16H14N2O. The van der Waals surface area contributed by atoms with Gasteiger partial charge < -0.3 is 0 Å². The van der Waals surface area contributed by atoms with Crippen LogP contribution in [-0.4, -0.2) is 9.78 Å². The van der Waals surface area contributed by atoms with Gasteiger partial charge in [-0.2, -0.15) is 9.78 Å². The SMILES string of the molecule is Cc1ccc(-n2ncc3ccccc3c2=O)c(C)c1. The Kier molecular flexibility index (Phi) is 2.67. The van der Waals surface area contributed by atoms with Gasteiger partial charge in [-0.25, -0.2) is 0 Å². The highest BCUT2D eigenvalue weighted by Gasteiger charge is 2.07. The molecule has 3 aromatic rings. The van der Waals surface area contributed by atoms with Gasteiger partial charge in [0.2, 0.25) is 0 Å². The number of aromatic nitrogens is 2. The van der Waals surface area contributed by atoms with E-state index in [0.717, 1.165) is 16.6 Å². The number of rotatable bonds is 1. The topological polar surface area (TPSA) is 34.9 Å². The second-order valence-electron chi connectivity index (χ2n) is 4.74. The minimum atomic E-state index is -0.0787. The normalized spacial score (nSPS) is 10.8. The van der Waals surface area contributed by atoms with E-state index in [2.05, 4.69) is 11.2 Å². The smallest absolute Gasteiger partial charge is 0.267 e. The fraction of sp³-hybridized carbons (Fsp3) is 0.125. The molecule has 0 aliphatic rings. The van der Waals surface area contributed by atoms with E-state index in [9.17, 15) is 4.79 Å². The maximum atomic E-state index is 12.5. The molecule has 0 spiro atoms. The molecule has 0 N–H and O–H groups in total. The molecule has 1 heterocycles. The summed E-state index contributed by atoms with van der Waals surface area (Å²) in [5, 5.41) is 5.83. The Hall–Kier alpha value is -2.42. The summed E-state index contributed by atoms with van der Waals surface area (Å²) in [5.41, 5.74) is 2.98. The lowest BCUT2D eigenvalue weighted by Gasteiger charge is -2.09. The third-order valence-corrected chi connectivity index (χ3v) is 3.28. The van der Waals surface area contributed by atoms with Gasteiger partial charge in [-0.3, -0.25) is 4.79 Å². The molecule has 1 aromatic heterocycles. The molecule has 0 fully saturated rings. The van der Waals surface area contributed by atoms with E-state index < -0.39 is 0 Å². The third-order valence-electron chi connectivity index (χ3n) is 3.28. The Labute approximate surface area is 111 Å². The van der Waals surface area contributed by atoms with Crippen LogP contribution in [0, 0.1) is 13.8 Å². The second-order valence-corrected chi connectivity index (χ2v) is 4.74. The summed E-state index contributed by atoms with van der Waals surface area (Å²) < 4.78 is 1.47. The first-order chi connectivity index (χ1) is 9.16. The zero-order valence-corrected chi connectivity index (χ0v) is 10.9. The molecule has 0 aliphatic heterocycles. The highest BCUT2D eigenvalue weighted by molar-refractivity contribution is 5.80. The molecule has 0 bridgehead atoms. The zero-order valence-electron chi connectivity index (χ0n) is 10.9. The van der Waals surface area contributed by atoms with Crippen LogP contribution in [-0.2, 0) is 0 Å². The van der Waals surface area contributed by atoms with Crippen LogP contribution in [0.1, 0.15) is 11.1 Å². The minimum Gasteiger partial charge on any atom is -0.267 e. The van der Waals surface area contributed by atoms with Gasteiger partial charge in [-0.05, 0) is 31.5 Å². The molecule has 2 aromatic carbocycles. The van der Waals surface area contributed by atoms with Gasteiger partial charge in [-0.15, -0.1) is 0 Å². The van der Waals surface area contributed by atoms with Crippen LogP contribution < -0.4 is 5.56 Å². The molecule has 0 aliphatic carbocycles. The predicted octanol–water partition coefficient (Wildman–Crippen LogP) is 3.00. The van der Waals surface area contributed by atoms with Crippen LogP contribution >= 0.6 is 0 Å². The van der Waals surface area contributed by atoms with Crippen molar-refractivity contribution < 1.29 is 0 Å². The van der Waals surface area contributed by atoms with Crippen molar-refractivity contribution in [2.45, 2.75) is 13.8 Å². The quantitative estimate of drug-likeness (QED) is 0.665. The maximum Gasteiger partial charge on any atom is 0.279 e. The summed E-state index contributed by atoms with van der Waals surface area (Å²) >= 11 is 0. The average Bonchev–Trinajstić information content (AvgIpc) is 2.41. The van der Waals surface area contributed by atoms with Gasteiger partial charge in [-0.1, -0.05) is 35.9 Å². The van der Waals surface area contributed by atoms with Crippen molar-refractivity contribution in [3.63, 3.8) is 0 Å². The summed E-state index contributed by atoms with van der Waals surface area (Å²) in [6.07, 6.45) is 1.73. The van der Waals surface area contributed by atoms with Crippen LogP contribution in [0.4, 0.5) is 0 Å². The molecule has 19 heavy (non-hydrogen) atoms. The van der Waals surface area contributed by atoms with E-state index in [1.54, 1.807) is 6.20 Å². The lowest BCUT2D eigenvalue weighted by Crippen LogP contribution is -2.21. The largest absolute Gasteiger partial charge is 0.279 e. The van der Waals surface area contributed by atoms with Crippen LogP contribution in [0.15, 0.2) is 53.5 Å². The van der Waals surface area contributed by atoms with Gasteiger partial charge in [0.05, 0.1) is 17.3 Å². The molecule has 0 atom stereocenters. The van der Waals surface area contributed by atoms with Crippen molar-refractivity contribution in [1.82, 2.24) is 9.78 Å². The first-order valence-corrected chi connectivity index (χ1v) is 6.21. The number of hydrogen-bond acceptors (Lipinski definition) is 2. The van der Waals surface area contributed by atoms with Crippen LogP contribution in [0.3, 0.4) is 0 Å². The van der Waals surface area contributed by atoms with Crippen LogP contribution in [0.5, 0.6) is 0 Å². The highest BCUT2D eigenvalue weighted by atomic mass is 16.1. The Morgan fingerprint density at radius 2 is 1.84 bits per heavy atom. The zero-order chi connectivity index (χ0) is 13.4. The molecule has 0 saturated heterocycles. The maximum absolute atomic E-state index is 12.5. The monoisotopic (exact) mass is 250 g/mol. The molecule has 3 heteroatoms. The summed E-state index contributed by atoms with van der Waals surface area (Å²) in [5.74, 6) is 0. The van der Waals surface area contributed by atoms with E-state index in [-0.39, 0.29) is 5.56 Å². The molecule has 3 rings (SSSR count). The van der Waals surface area contributed by atoms with Gasteiger partial charge in [0.15, 0.2) is 0 Å². The van der Waals surface area contributed by atoms with Gasteiger partial charge in [0.1, 0.15) is 0 Å². The summed E-state index contributed by atoms with van der Waals surface area (Å²) in [7, 11) is 0. The van der Waals surface area contributed by atoms with Crippen molar-refractivity contribution in [2.24, 2.45) is 0 Å². The first kappa shape index (κ1) is 11.7. The molecule has 0 amide bonds. The van der Waals surface area contributed by atoms with E-state index in [0.29, 0.717) is 5.39 Å². The Morgan fingerprint density at radius 3 is 2.63 bits per heavy atom. The standard InChI is InChI=1S/C16H14N2O/c1-11-7-8-15(12(2)9-11)18-16(19)14-6-4-3-5-13(14)10-17-18/h3-10H,1-2H3. The van der Waals surface area contributed by atoms with E-state index in [4.69, 9.17) is 0 Å². The lowest BCUT2D eigenvalue weighted by atomic mass is 10.1. The Morgan fingerprint density at radius 1 is 1.05 bits per heavy atom. The van der Waals surface area contributed by atoms with Crippen molar-refractivity contribution >= 4 is 10.8 Å². The molecule has 0 saturated carbocycles. The van der Waals surface area contributed by atoms with Gasteiger partial charge in [0, 0.05) is 5.39 Å². The van der Waals surface area contributed by atoms with Crippen molar-refractivity contribution in [3.8, 4) is 5.69 Å². The summed E-state index contributed by atoms with van der Waals surface area (Å²) in [6, 6.07) is 13.5. The molecule has 0 unspecified atom stereocenters. The number of benzene rings is 2. The Balaban J connectivity index is 2.31. The number of fused-ring (bicyclic) bond motifs is 1. The first-order valence-electron chi connectivity index (χ1n) is 6.21. The van der Waals surface area contributed by atoms with Crippen LogP contribution in [0.2, 0.25) is 0 Å². The van der Waals surface area contributed by atoms with E-state index in [1.807, 2.05) is 50.2 Å².